The lowest BCUT2D eigenvalue weighted by molar-refractivity contribution is -0.113. The Morgan fingerprint density at radius 1 is 1.30 bits per heavy atom. The van der Waals surface area contributed by atoms with Gasteiger partial charge in [-0.1, -0.05) is 27.4 Å². The average molecular weight is 322 g/mol. The standard InChI is InChI=1S/C18H24F2N2O/c1-5-8-17(23)18(13(4)6-2)21-22(7-3)12-14-9-15(19)11-16(20)10-14/h7,9-11,13H,3,5-6,8,12H2,1-2,4H3/b21-18+. The lowest BCUT2D eigenvalue weighted by Crippen LogP contribution is -2.25. The number of benzene rings is 1. The van der Waals surface area contributed by atoms with E-state index in [-0.39, 0.29) is 18.2 Å². The predicted molar refractivity (Wildman–Crippen MR) is 88.9 cm³/mol. The van der Waals surface area contributed by atoms with Crippen molar-refractivity contribution in [2.24, 2.45) is 11.0 Å². The van der Waals surface area contributed by atoms with Gasteiger partial charge in [0, 0.05) is 24.6 Å². The Kier molecular flexibility index (Phi) is 7.59. The van der Waals surface area contributed by atoms with Gasteiger partial charge in [-0.3, -0.25) is 9.80 Å². The summed E-state index contributed by atoms with van der Waals surface area (Å²) in [4.78, 5) is 12.2. The Balaban J connectivity index is 3.04. The molecular weight excluding hydrogens is 298 g/mol. The van der Waals surface area contributed by atoms with Crippen LogP contribution in [0.5, 0.6) is 0 Å². The van der Waals surface area contributed by atoms with Gasteiger partial charge in [0.15, 0.2) is 5.78 Å². The second kappa shape index (κ2) is 9.18. The third-order valence-corrected chi connectivity index (χ3v) is 3.56. The van der Waals surface area contributed by atoms with Crippen LogP contribution in [0.2, 0.25) is 0 Å². The van der Waals surface area contributed by atoms with E-state index in [4.69, 9.17) is 0 Å². The van der Waals surface area contributed by atoms with Crippen LogP contribution >= 0.6 is 0 Å². The smallest absolute Gasteiger partial charge is 0.179 e. The molecule has 0 radical (unpaired) electrons. The lowest BCUT2D eigenvalue weighted by Gasteiger charge is -2.19. The van der Waals surface area contributed by atoms with Crippen molar-refractivity contribution in [2.45, 2.75) is 46.6 Å². The van der Waals surface area contributed by atoms with Gasteiger partial charge >= 0.3 is 0 Å². The number of carbonyl (C=O) groups excluding carboxylic acids is 1. The van der Waals surface area contributed by atoms with E-state index in [2.05, 4.69) is 11.7 Å². The summed E-state index contributed by atoms with van der Waals surface area (Å²) in [7, 11) is 0. The summed E-state index contributed by atoms with van der Waals surface area (Å²) in [6.07, 6.45) is 3.42. The number of hydrazone groups is 1. The number of nitrogens with zero attached hydrogens (tertiary/aromatic N) is 2. The molecule has 0 N–H and O–H groups in total. The zero-order valence-corrected chi connectivity index (χ0v) is 14.0. The van der Waals surface area contributed by atoms with Crippen LogP contribution in [-0.4, -0.2) is 16.5 Å². The third kappa shape index (κ3) is 5.93. The fourth-order valence-electron chi connectivity index (χ4n) is 2.15. The molecule has 0 bridgehead atoms. The molecule has 1 atom stereocenters. The fraction of sp³-hybridized carbons (Fsp3) is 0.444. The number of carbonyl (C=O) groups is 1. The zero-order chi connectivity index (χ0) is 17.4. The molecule has 23 heavy (non-hydrogen) atoms. The summed E-state index contributed by atoms with van der Waals surface area (Å²) in [5, 5.41) is 5.82. The predicted octanol–water partition coefficient (Wildman–Crippen LogP) is 4.68. The molecule has 0 saturated carbocycles. The fourth-order valence-corrected chi connectivity index (χ4v) is 2.15. The van der Waals surface area contributed by atoms with Crippen molar-refractivity contribution in [3.8, 4) is 0 Å². The number of Topliss-reactive ketones (excluding diaryl/α,β-unsaturated/α-hetero) is 1. The highest BCUT2D eigenvalue weighted by molar-refractivity contribution is 6.40. The molecule has 0 saturated heterocycles. The highest BCUT2D eigenvalue weighted by atomic mass is 19.1. The third-order valence-electron chi connectivity index (χ3n) is 3.56. The van der Waals surface area contributed by atoms with E-state index < -0.39 is 11.6 Å². The minimum Gasteiger partial charge on any atom is -0.293 e. The van der Waals surface area contributed by atoms with Crippen molar-refractivity contribution in [3.63, 3.8) is 0 Å². The van der Waals surface area contributed by atoms with Crippen LogP contribution in [0.25, 0.3) is 0 Å². The number of ketones is 1. The first-order valence-corrected chi connectivity index (χ1v) is 7.87. The molecule has 0 aromatic heterocycles. The van der Waals surface area contributed by atoms with Crippen molar-refractivity contribution < 1.29 is 13.6 Å². The van der Waals surface area contributed by atoms with E-state index >= 15 is 0 Å². The van der Waals surface area contributed by atoms with Gasteiger partial charge in [0.05, 0.1) is 6.54 Å². The van der Waals surface area contributed by atoms with Gasteiger partial charge in [0.25, 0.3) is 0 Å². The van der Waals surface area contributed by atoms with Crippen LogP contribution in [0.1, 0.15) is 45.6 Å². The highest BCUT2D eigenvalue weighted by Gasteiger charge is 2.18. The molecule has 5 heteroatoms. The van der Waals surface area contributed by atoms with Crippen LogP contribution in [0.3, 0.4) is 0 Å². The topological polar surface area (TPSA) is 32.7 Å². The Bertz CT molecular complexity index is 564. The summed E-state index contributed by atoms with van der Waals surface area (Å²) in [5.41, 5.74) is 0.906. The number of rotatable bonds is 9. The second-order valence-electron chi connectivity index (χ2n) is 5.53. The van der Waals surface area contributed by atoms with Crippen LogP contribution < -0.4 is 0 Å². The molecule has 126 valence electrons. The number of hydrogen-bond donors (Lipinski definition) is 0. The van der Waals surface area contributed by atoms with Crippen LogP contribution in [0.15, 0.2) is 36.1 Å². The molecule has 0 amide bonds. The first kappa shape index (κ1) is 19.0. The molecule has 3 nitrogen and oxygen atoms in total. The summed E-state index contributed by atoms with van der Waals surface area (Å²) >= 11 is 0. The Morgan fingerprint density at radius 2 is 1.91 bits per heavy atom. The van der Waals surface area contributed by atoms with E-state index in [1.165, 1.54) is 23.3 Å². The number of halogens is 2. The van der Waals surface area contributed by atoms with Crippen molar-refractivity contribution in [1.29, 1.82) is 0 Å². The first-order valence-electron chi connectivity index (χ1n) is 7.87. The zero-order valence-electron chi connectivity index (χ0n) is 14.0. The maximum Gasteiger partial charge on any atom is 0.179 e. The van der Waals surface area contributed by atoms with Gasteiger partial charge in [0.1, 0.15) is 17.3 Å². The Labute approximate surface area is 136 Å². The molecule has 1 aromatic carbocycles. The highest BCUT2D eigenvalue weighted by Crippen LogP contribution is 2.14. The van der Waals surface area contributed by atoms with Crippen LogP contribution in [0.4, 0.5) is 8.78 Å². The van der Waals surface area contributed by atoms with Crippen molar-refractivity contribution >= 4 is 11.5 Å². The maximum atomic E-state index is 13.3. The Hall–Kier alpha value is -2.04. The van der Waals surface area contributed by atoms with Gasteiger partial charge in [-0.15, -0.1) is 0 Å². The molecule has 1 unspecified atom stereocenters. The van der Waals surface area contributed by atoms with Gasteiger partial charge in [-0.05, 0) is 30.5 Å². The summed E-state index contributed by atoms with van der Waals surface area (Å²) < 4.78 is 26.6. The van der Waals surface area contributed by atoms with E-state index in [9.17, 15) is 13.6 Å². The summed E-state index contributed by atoms with van der Waals surface area (Å²) in [6.45, 7) is 9.68. The molecule has 0 heterocycles. The monoisotopic (exact) mass is 322 g/mol. The van der Waals surface area contributed by atoms with E-state index in [1.54, 1.807) is 0 Å². The van der Waals surface area contributed by atoms with Crippen LogP contribution in [-0.2, 0) is 11.3 Å². The van der Waals surface area contributed by atoms with Gasteiger partial charge in [0.2, 0.25) is 0 Å². The molecule has 1 aromatic rings. The van der Waals surface area contributed by atoms with Gasteiger partial charge < -0.3 is 0 Å². The normalized spacial score (nSPS) is 12.8. The molecule has 0 aliphatic heterocycles. The molecule has 0 spiro atoms. The largest absolute Gasteiger partial charge is 0.293 e. The molecule has 0 fully saturated rings. The SMILES string of the molecule is C=CN(Cc1cc(F)cc(F)c1)/N=C(/C(=O)CCC)C(C)CC. The minimum absolute atomic E-state index is 0.000812. The Morgan fingerprint density at radius 3 is 2.39 bits per heavy atom. The molecule has 0 aliphatic rings. The van der Waals surface area contributed by atoms with E-state index in [0.717, 1.165) is 18.9 Å². The first-order chi connectivity index (χ1) is 10.9. The summed E-state index contributed by atoms with van der Waals surface area (Å²) in [6, 6.07) is 3.30. The molecule has 1 rings (SSSR count). The van der Waals surface area contributed by atoms with Crippen molar-refractivity contribution in [2.75, 3.05) is 0 Å². The minimum atomic E-state index is -0.641. The van der Waals surface area contributed by atoms with Gasteiger partial charge in [-0.25, -0.2) is 8.78 Å². The molecular formula is C18H24F2N2O. The van der Waals surface area contributed by atoms with Crippen molar-refractivity contribution in [1.82, 2.24) is 5.01 Å². The van der Waals surface area contributed by atoms with Crippen LogP contribution in [0, 0.1) is 17.6 Å². The maximum absolute atomic E-state index is 13.3. The van der Waals surface area contributed by atoms with Crippen molar-refractivity contribution in [3.05, 3.63) is 48.2 Å². The molecule has 0 aliphatic carbocycles. The van der Waals surface area contributed by atoms with E-state index in [1.807, 2.05) is 20.8 Å². The quantitative estimate of drug-likeness (QED) is 0.488. The summed E-state index contributed by atoms with van der Waals surface area (Å²) in [5.74, 6) is -1.27. The second-order valence-corrected chi connectivity index (χ2v) is 5.53. The average Bonchev–Trinajstić information content (AvgIpc) is 2.49. The number of hydrogen-bond acceptors (Lipinski definition) is 3. The lowest BCUT2D eigenvalue weighted by atomic mass is 9.97. The van der Waals surface area contributed by atoms with Gasteiger partial charge in [-0.2, -0.15) is 5.10 Å². The van der Waals surface area contributed by atoms with E-state index in [0.29, 0.717) is 17.7 Å².